The van der Waals surface area contributed by atoms with Crippen molar-refractivity contribution in [2.24, 2.45) is 0 Å². The number of hydrogen-bond donors (Lipinski definition) is 1. The number of nitrogens with one attached hydrogen (secondary N) is 1. The molecule has 8 heteroatoms. The highest BCUT2D eigenvalue weighted by atomic mass is 79.9. The average Bonchev–Trinajstić information content (AvgIpc) is 2.46. The number of anilines is 1. The van der Waals surface area contributed by atoms with Crippen LogP contribution in [0.5, 0.6) is 5.75 Å². The van der Waals surface area contributed by atoms with E-state index in [2.05, 4.69) is 21.2 Å². The average molecular weight is 402 g/mol. The van der Waals surface area contributed by atoms with Crippen LogP contribution in [0.3, 0.4) is 0 Å². The van der Waals surface area contributed by atoms with Crippen molar-refractivity contribution in [3.63, 3.8) is 0 Å². The van der Waals surface area contributed by atoms with Crippen molar-refractivity contribution in [3.05, 3.63) is 52.3 Å². The molecule has 5 nitrogen and oxygen atoms in total. The van der Waals surface area contributed by atoms with E-state index in [9.17, 15) is 17.6 Å². The van der Waals surface area contributed by atoms with Gasteiger partial charge in [0.05, 0.1) is 22.2 Å². The number of rotatable bonds is 4. The maximum atomic E-state index is 13.5. The van der Waals surface area contributed by atoms with Crippen LogP contribution in [0.4, 0.5) is 10.1 Å². The van der Waals surface area contributed by atoms with Crippen LogP contribution < -0.4 is 10.1 Å². The standard InChI is InChI=1S/C15H13BrFNO4S/c1-22-14-12(16)7-10(17)8-13(14)18-15(19)9-4-3-5-11(6-9)23(2,20)21/h3-8H,1-2H3,(H,18,19). The first-order valence-electron chi connectivity index (χ1n) is 6.37. The second-order valence-corrected chi connectivity index (χ2v) is 7.59. The van der Waals surface area contributed by atoms with Crippen molar-refractivity contribution in [3.8, 4) is 5.75 Å². The van der Waals surface area contributed by atoms with E-state index >= 15 is 0 Å². The van der Waals surface area contributed by atoms with Crippen LogP contribution >= 0.6 is 15.9 Å². The molecule has 1 amide bonds. The number of ether oxygens (including phenoxy) is 1. The molecule has 2 aromatic carbocycles. The molecule has 0 unspecified atom stereocenters. The van der Waals surface area contributed by atoms with E-state index in [-0.39, 0.29) is 21.9 Å². The zero-order valence-electron chi connectivity index (χ0n) is 12.3. The summed E-state index contributed by atoms with van der Waals surface area (Å²) in [6, 6.07) is 7.90. The second-order valence-electron chi connectivity index (χ2n) is 4.72. The SMILES string of the molecule is COc1c(Br)cc(F)cc1NC(=O)c1cccc(S(C)(=O)=O)c1. The van der Waals surface area contributed by atoms with Crippen molar-refractivity contribution in [2.75, 3.05) is 18.7 Å². The zero-order chi connectivity index (χ0) is 17.2. The first-order valence-corrected chi connectivity index (χ1v) is 9.05. The molecule has 0 aliphatic rings. The van der Waals surface area contributed by atoms with Gasteiger partial charge >= 0.3 is 0 Å². The van der Waals surface area contributed by atoms with E-state index in [1.165, 1.54) is 37.4 Å². The monoisotopic (exact) mass is 401 g/mol. The van der Waals surface area contributed by atoms with Gasteiger partial charge in [-0.15, -0.1) is 0 Å². The van der Waals surface area contributed by atoms with Crippen molar-refractivity contribution in [2.45, 2.75) is 4.90 Å². The van der Waals surface area contributed by atoms with Crippen LogP contribution in [0, 0.1) is 5.82 Å². The topological polar surface area (TPSA) is 72.5 Å². The number of carbonyl (C=O) groups excluding carboxylic acids is 1. The zero-order valence-corrected chi connectivity index (χ0v) is 14.7. The fraction of sp³-hybridized carbons (Fsp3) is 0.133. The van der Waals surface area contributed by atoms with Gasteiger partial charge < -0.3 is 10.1 Å². The van der Waals surface area contributed by atoms with Crippen LogP contribution in [0.15, 0.2) is 45.8 Å². The summed E-state index contributed by atoms with van der Waals surface area (Å²) >= 11 is 3.15. The number of halogens is 2. The Kier molecular flexibility index (Phi) is 5.06. The molecule has 23 heavy (non-hydrogen) atoms. The summed E-state index contributed by atoms with van der Waals surface area (Å²) in [5, 5.41) is 2.51. The first-order chi connectivity index (χ1) is 10.7. The van der Waals surface area contributed by atoms with Gasteiger partial charge in [0, 0.05) is 17.9 Å². The Bertz CT molecular complexity index is 868. The Morgan fingerprint density at radius 2 is 1.96 bits per heavy atom. The fourth-order valence-corrected chi connectivity index (χ4v) is 3.18. The maximum absolute atomic E-state index is 13.5. The third-order valence-electron chi connectivity index (χ3n) is 2.99. The molecule has 0 aliphatic carbocycles. The van der Waals surface area contributed by atoms with Gasteiger partial charge in [-0.25, -0.2) is 12.8 Å². The molecule has 0 saturated heterocycles. The highest BCUT2D eigenvalue weighted by molar-refractivity contribution is 9.10. The third kappa shape index (κ3) is 4.08. The van der Waals surface area contributed by atoms with Gasteiger partial charge in [0.25, 0.3) is 5.91 Å². The molecular weight excluding hydrogens is 389 g/mol. The Morgan fingerprint density at radius 3 is 2.57 bits per heavy atom. The predicted molar refractivity (Wildman–Crippen MR) is 88.2 cm³/mol. The summed E-state index contributed by atoms with van der Waals surface area (Å²) < 4.78 is 42.1. The van der Waals surface area contributed by atoms with Crippen molar-refractivity contribution in [1.29, 1.82) is 0 Å². The molecule has 0 saturated carbocycles. The normalized spacial score (nSPS) is 11.1. The minimum absolute atomic E-state index is 0.0255. The highest BCUT2D eigenvalue weighted by Crippen LogP contribution is 2.34. The largest absolute Gasteiger partial charge is 0.493 e. The lowest BCUT2D eigenvalue weighted by Gasteiger charge is -2.12. The summed E-state index contributed by atoms with van der Waals surface area (Å²) in [6.07, 6.45) is 1.05. The first kappa shape index (κ1) is 17.4. The molecule has 0 fully saturated rings. The molecule has 1 N–H and O–H groups in total. The van der Waals surface area contributed by atoms with E-state index in [1.807, 2.05) is 0 Å². The lowest BCUT2D eigenvalue weighted by atomic mass is 10.2. The number of hydrogen-bond acceptors (Lipinski definition) is 4. The Balaban J connectivity index is 2.37. The lowest BCUT2D eigenvalue weighted by Crippen LogP contribution is -2.13. The smallest absolute Gasteiger partial charge is 0.255 e. The second kappa shape index (κ2) is 6.67. The minimum Gasteiger partial charge on any atom is -0.493 e. The van der Waals surface area contributed by atoms with Gasteiger partial charge in [-0.3, -0.25) is 4.79 Å². The summed E-state index contributed by atoms with van der Waals surface area (Å²) in [5.74, 6) is -0.872. The summed E-state index contributed by atoms with van der Waals surface area (Å²) in [6.45, 7) is 0. The summed E-state index contributed by atoms with van der Waals surface area (Å²) in [4.78, 5) is 12.3. The van der Waals surface area contributed by atoms with Gasteiger partial charge in [0.15, 0.2) is 15.6 Å². The van der Waals surface area contributed by atoms with E-state index in [0.717, 1.165) is 12.3 Å². The van der Waals surface area contributed by atoms with Crippen molar-refractivity contribution < 1.29 is 22.3 Å². The molecule has 0 aromatic heterocycles. The summed E-state index contributed by atoms with van der Waals surface area (Å²) in [5.41, 5.74) is 0.268. The van der Waals surface area contributed by atoms with Crippen molar-refractivity contribution in [1.82, 2.24) is 0 Å². The lowest BCUT2D eigenvalue weighted by molar-refractivity contribution is 0.102. The molecule has 122 valence electrons. The van der Waals surface area contributed by atoms with Crippen LogP contribution in [0.1, 0.15) is 10.4 Å². The number of methoxy groups -OCH3 is 1. The number of carbonyl (C=O) groups is 1. The molecule has 0 heterocycles. The third-order valence-corrected chi connectivity index (χ3v) is 4.68. The molecule has 0 aliphatic heterocycles. The minimum atomic E-state index is -3.43. The Labute approximate surface area is 141 Å². The number of sulfone groups is 1. The molecule has 0 bridgehead atoms. The molecule has 0 spiro atoms. The Hall–Kier alpha value is -1.93. The Morgan fingerprint density at radius 1 is 1.26 bits per heavy atom. The van der Waals surface area contributed by atoms with Gasteiger partial charge in [0.2, 0.25) is 0 Å². The summed E-state index contributed by atoms with van der Waals surface area (Å²) in [7, 11) is -2.04. The number of amides is 1. The molecule has 0 radical (unpaired) electrons. The van der Waals surface area contributed by atoms with Crippen LogP contribution in [0.25, 0.3) is 0 Å². The predicted octanol–water partition coefficient (Wildman–Crippen LogP) is 3.25. The van der Waals surface area contributed by atoms with Gasteiger partial charge in [-0.2, -0.15) is 0 Å². The highest BCUT2D eigenvalue weighted by Gasteiger charge is 2.16. The maximum Gasteiger partial charge on any atom is 0.255 e. The molecule has 2 rings (SSSR count). The van der Waals surface area contributed by atoms with Crippen LogP contribution in [0.2, 0.25) is 0 Å². The molecule has 0 atom stereocenters. The van der Waals surface area contributed by atoms with E-state index < -0.39 is 21.6 Å². The van der Waals surface area contributed by atoms with Gasteiger partial charge in [-0.05, 0) is 40.2 Å². The quantitative estimate of drug-likeness (QED) is 0.853. The van der Waals surface area contributed by atoms with Gasteiger partial charge in [-0.1, -0.05) is 6.07 Å². The van der Waals surface area contributed by atoms with Crippen molar-refractivity contribution >= 4 is 37.4 Å². The van der Waals surface area contributed by atoms with Crippen LogP contribution in [-0.2, 0) is 9.84 Å². The number of benzene rings is 2. The fourth-order valence-electron chi connectivity index (χ4n) is 1.92. The molecular formula is C15H13BrFNO4S. The molecule has 2 aromatic rings. The van der Waals surface area contributed by atoms with E-state index in [0.29, 0.717) is 4.47 Å². The van der Waals surface area contributed by atoms with Gasteiger partial charge in [0.1, 0.15) is 5.82 Å². The van der Waals surface area contributed by atoms with E-state index in [1.54, 1.807) is 0 Å². The van der Waals surface area contributed by atoms with Crippen LogP contribution in [-0.4, -0.2) is 27.7 Å². The van der Waals surface area contributed by atoms with E-state index in [4.69, 9.17) is 4.74 Å².